The summed E-state index contributed by atoms with van der Waals surface area (Å²) in [6, 6.07) is 15.8. The maximum Gasteiger partial charge on any atom is 0.341 e. The Bertz CT molecular complexity index is 1080. The number of anilines is 1. The highest BCUT2D eigenvalue weighted by atomic mass is 35.5. The second-order valence-electron chi connectivity index (χ2n) is 6.74. The Balaban J connectivity index is 0.00000272. The molecule has 31 heavy (non-hydrogen) atoms. The number of para-hydroxylation sites is 1. The minimum atomic E-state index is -0.490. The van der Waals surface area contributed by atoms with E-state index in [2.05, 4.69) is 15.8 Å². The maximum atomic E-state index is 12.9. The van der Waals surface area contributed by atoms with Crippen LogP contribution in [0, 0.1) is 0 Å². The predicted molar refractivity (Wildman–Crippen MR) is 121 cm³/mol. The number of hydrogen-bond acceptors (Lipinski definition) is 4. The van der Waals surface area contributed by atoms with E-state index in [1.165, 1.54) is 4.90 Å². The molecule has 2 aromatic carbocycles. The molecule has 0 atom stereocenters. The first-order chi connectivity index (χ1) is 14.6. The first-order valence-corrected chi connectivity index (χ1v) is 9.78. The topological polar surface area (TPSA) is 83.6 Å². The van der Waals surface area contributed by atoms with Crippen LogP contribution < -0.4 is 20.5 Å². The Morgan fingerprint density at radius 3 is 2.61 bits per heavy atom. The Hall–Kier alpha value is -3.29. The number of nitrogens with zero attached hydrogens (tertiary/aromatic N) is 2. The highest BCUT2D eigenvalue weighted by Crippen LogP contribution is 2.40. The quantitative estimate of drug-likeness (QED) is 0.559. The summed E-state index contributed by atoms with van der Waals surface area (Å²) < 4.78 is 5.98. The molecule has 160 valence electrons. The van der Waals surface area contributed by atoms with Gasteiger partial charge in [-0.2, -0.15) is 0 Å². The molecule has 3 aromatic rings. The van der Waals surface area contributed by atoms with Crippen molar-refractivity contribution in [2.45, 2.75) is 19.4 Å². The number of rotatable bonds is 3. The lowest BCUT2D eigenvalue weighted by Crippen LogP contribution is -2.48. The van der Waals surface area contributed by atoms with Gasteiger partial charge in [-0.05, 0) is 48.4 Å². The minimum absolute atomic E-state index is 0. The van der Waals surface area contributed by atoms with Crippen LogP contribution in [-0.2, 0) is 17.8 Å². The van der Waals surface area contributed by atoms with Gasteiger partial charge in [0.05, 0.1) is 12.2 Å². The number of pyridine rings is 1. The van der Waals surface area contributed by atoms with Crippen LogP contribution in [0.4, 0.5) is 10.5 Å². The molecular formula is C22H20Cl2N4O3. The zero-order valence-electron chi connectivity index (χ0n) is 16.4. The van der Waals surface area contributed by atoms with Crippen molar-refractivity contribution < 1.29 is 14.3 Å². The van der Waals surface area contributed by atoms with Gasteiger partial charge in [-0.15, -0.1) is 12.4 Å². The van der Waals surface area contributed by atoms with Crippen LogP contribution in [-0.4, -0.2) is 16.9 Å². The number of amides is 3. The number of aryl methyl sites for hydroxylation is 1. The van der Waals surface area contributed by atoms with Crippen LogP contribution in [0.15, 0.2) is 67.0 Å². The van der Waals surface area contributed by atoms with E-state index >= 15 is 0 Å². The molecule has 4 rings (SSSR count). The number of hydrazine groups is 1. The van der Waals surface area contributed by atoms with E-state index in [1.54, 1.807) is 30.6 Å². The molecule has 7 nitrogen and oxygen atoms in total. The van der Waals surface area contributed by atoms with E-state index in [0.717, 1.165) is 11.1 Å². The monoisotopic (exact) mass is 458 g/mol. The molecule has 2 heterocycles. The number of urea groups is 1. The van der Waals surface area contributed by atoms with E-state index < -0.39 is 6.03 Å². The molecule has 1 aliphatic rings. The fourth-order valence-electron chi connectivity index (χ4n) is 3.14. The number of ether oxygens (including phenoxy) is 1. The van der Waals surface area contributed by atoms with Crippen molar-refractivity contribution >= 4 is 41.6 Å². The molecule has 9 heteroatoms. The van der Waals surface area contributed by atoms with Crippen molar-refractivity contribution in [2.24, 2.45) is 0 Å². The molecule has 0 spiro atoms. The standard InChI is InChI=1S/C22H19ClN4O3.ClH/c23-17-6-7-20-18(13-17)27(14-16-3-1-2-4-19(16)30-20)22(29)26-25-21(28)8-5-15-9-11-24-12-10-15;/h1-4,6-7,9-13H,5,8,14H2,(H,25,28)(H,26,29);1H. The summed E-state index contributed by atoms with van der Waals surface area (Å²) >= 11 is 6.15. The summed E-state index contributed by atoms with van der Waals surface area (Å²) in [6.07, 6.45) is 4.14. The molecule has 1 aromatic heterocycles. The molecule has 0 fully saturated rings. The van der Waals surface area contributed by atoms with Crippen molar-refractivity contribution in [1.29, 1.82) is 0 Å². The average Bonchev–Trinajstić information content (AvgIpc) is 2.93. The predicted octanol–water partition coefficient (Wildman–Crippen LogP) is 4.64. The molecule has 0 unspecified atom stereocenters. The number of nitrogens with one attached hydrogen (secondary N) is 2. The Morgan fingerprint density at radius 2 is 1.81 bits per heavy atom. The highest BCUT2D eigenvalue weighted by molar-refractivity contribution is 6.31. The number of hydrogen-bond donors (Lipinski definition) is 2. The van der Waals surface area contributed by atoms with E-state index in [0.29, 0.717) is 28.6 Å². The molecule has 1 aliphatic heterocycles. The third-order valence-electron chi connectivity index (χ3n) is 4.68. The van der Waals surface area contributed by atoms with E-state index in [4.69, 9.17) is 16.3 Å². The SMILES string of the molecule is Cl.O=C(CCc1ccncc1)NNC(=O)N1Cc2ccccc2Oc2ccc(Cl)cc21. The summed E-state index contributed by atoms with van der Waals surface area (Å²) in [5.41, 5.74) is 7.30. The Kier molecular flexibility index (Phi) is 7.33. The summed E-state index contributed by atoms with van der Waals surface area (Å²) in [5.74, 6) is 0.874. The van der Waals surface area contributed by atoms with Crippen molar-refractivity contribution in [3.63, 3.8) is 0 Å². The molecule has 0 aliphatic carbocycles. The van der Waals surface area contributed by atoms with Crippen LogP contribution in [0.25, 0.3) is 0 Å². The van der Waals surface area contributed by atoms with Crippen LogP contribution in [0.3, 0.4) is 0 Å². The molecule has 0 bridgehead atoms. The third-order valence-corrected chi connectivity index (χ3v) is 4.91. The van der Waals surface area contributed by atoms with Gasteiger partial charge in [0.25, 0.3) is 0 Å². The molecular weight excluding hydrogens is 439 g/mol. The van der Waals surface area contributed by atoms with Gasteiger partial charge in [-0.25, -0.2) is 10.2 Å². The summed E-state index contributed by atoms with van der Waals surface area (Å²) in [6.45, 7) is 0.266. The van der Waals surface area contributed by atoms with Crippen molar-refractivity contribution in [3.8, 4) is 11.5 Å². The molecule has 3 amide bonds. The minimum Gasteiger partial charge on any atom is -0.455 e. The fraction of sp³-hybridized carbons (Fsp3) is 0.136. The number of halogens is 2. The van der Waals surface area contributed by atoms with Gasteiger partial charge in [0.1, 0.15) is 5.75 Å². The first-order valence-electron chi connectivity index (χ1n) is 9.41. The smallest absolute Gasteiger partial charge is 0.341 e. The summed E-state index contributed by atoms with van der Waals surface area (Å²) in [4.78, 5) is 30.5. The second-order valence-corrected chi connectivity index (χ2v) is 7.18. The Labute approximate surface area is 190 Å². The van der Waals surface area contributed by atoms with Crippen LogP contribution in [0.1, 0.15) is 17.5 Å². The zero-order valence-corrected chi connectivity index (χ0v) is 17.9. The third kappa shape index (κ3) is 5.45. The maximum absolute atomic E-state index is 12.9. The van der Waals surface area contributed by atoms with E-state index in [-0.39, 0.29) is 31.3 Å². The van der Waals surface area contributed by atoms with Gasteiger partial charge in [0.2, 0.25) is 5.91 Å². The van der Waals surface area contributed by atoms with E-state index in [9.17, 15) is 9.59 Å². The van der Waals surface area contributed by atoms with Crippen molar-refractivity contribution in [3.05, 3.63) is 83.1 Å². The van der Waals surface area contributed by atoms with Gasteiger partial charge in [-0.1, -0.05) is 29.8 Å². The molecule has 0 saturated carbocycles. The summed E-state index contributed by atoms with van der Waals surface area (Å²) in [5, 5.41) is 0.475. The number of fused-ring (bicyclic) bond motifs is 2. The number of aromatic nitrogens is 1. The van der Waals surface area contributed by atoms with Gasteiger partial charge in [-0.3, -0.25) is 20.1 Å². The van der Waals surface area contributed by atoms with Gasteiger partial charge in [0, 0.05) is 29.4 Å². The van der Waals surface area contributed by atoms with Crippen molar-refractivity contribution in [2.75, 3.05) is 4.90 Å². The van der Waals surface area contributed by atoms with Gasteiger partial charge < -0.3 is 4.74 Å². The van der Waals surface area contributed by atoms with Gasteiger partial charge in [0.15, 0.2) is 5.75 Å². The van der Waals surface area contributed by atoms with Crippen LogP contribution in [0.2, 0.25) is 5.02 Å². The molecule has 0 saturated heterocycles. The van der Waals surface area contributed by atoms with Crippen LogP contribution >= 0.6 is 24.0 Å². The summed E-state index contributed by atoms with van der Waals surface area (Å²) in [7, 11) is 0. The fourth-order valence-corrected chi connectivity index (χ4v) is 3.30. The highest BCUT2D eigenvalue weighted by Gasteiger charge is 2.26. The average molecular weight is 459 g/mol. The second kappa shape index (κ2) is 10.1. The number of carbonyl (C=O) groups excluding carboxylic acids is 2. The zero-order chi connectivity index (χ0) is 20.9. The van der Waals surface area contributed by atoms with Gasteiger partial charge >= 0.3 is 6.03 Å². The first kappa shape index (κ1) is 22.4. The molecule has 0 radical (unpaired) electrons. The Morgan fingerprint density at radius 1 is 1.03 bits per heavy atom. The number of carbonyl (C=O) groups is 2. The lowest BCUT2D eigenvalue weighted by atomic mass is 10.1. The number of benzene rings is 2. The lowest BCUT2D eigenvalue weighted by Gasteiger charge is -2.22. The normalized spacial score (nSPS) is 11.7. The molecule has 2 N–H and O–H groups in total. The lowest BCUT2D eigenvalue weighted by molar-refractivity contribution is -0.121. The van der Waals surface area contributed by atoms with Crippen LogP contribution in [0.5, 0.6) is 11.5 Å². The van der Waals surface area contributed by atoms with Crippen molar-refractivity contribution in [1.82, 2.24) is 15.8 Å². The van der Waals surface area contributed by atoms with E-state index in [1.807, 2.05) is 36.4 Å². The largest absolute Gasteiger partial charge is 0.455 e.